The molecule has 168 valence electrons. The third-order valence-corrected chi connectivity index (χ3v) is 7.65. The minimum absolute atomic E-state index is 0.0179. The number of imidazole rings is 1. The van der Waals surface area contributed by atoms with Gasteiger partial charge in [0.15, 0.2) is 0 Å². The molecule has 0 radical (unpaired) electrons. The summed E-state index contributed by atoms with van der Waals surface area (Å²) < 4.78 is 2.23. The predicted molar refractivity (Wildman–Crippen MR) is 126 cm³/mol. The lowest BCUT2D eigenvalue weighted by molar-refractivity contribution is -0.138. The van der Waals surface area contributed by atoms with Crippen molar-refractivity contribution in [2.45, 2.75) is 77.4 Å². The molecule has 1 fully saturated rings. The van der Waals surface area contributed by atoms with Gasteiger partial charge in [-0.2, -0.15) is 0 Å². The van der Waals surface area contributed by atoms with Gasteiger partial charge in [-0.1, -0.05) is 82.2 Å². The number of nitrogens with two attached hydrogens (primary N) is 1. The van der Waals surface area contributed by atoms with E-state index in [9.17, 15) is 4.79 Å². The molecule has 5 nitrogen and oxygen atoms in total. The van der Waals surface area contributed by atoms with Crippen molar-refractivity contribution in [2.75, 3.05) is 6.54 Å². The first-order valence-corrected chi connectivity index (χ1v) is 12.3. The normalized spacial score (nSPS) is 21.5. The lowest BCUT2D eigenvalue weighted by Gasteiger charge is -2.40. The number of amides is 1. The molecular weight excluding hydrogens is 408 g/mol. The van der Waals surface area contributed by atoms with Crippen LogP contribution in [0.4, 0.5) is 0 Å². The topological polar surface area (TPSA) is 64.2 Å². The average Bonchev–Trinajstić information content (AvgIpc) is 3.23. The molecule has 6 heteroatoms. The second-order valence-corrected chi connectivity index (χ2v) is 9.76. The van der Waals surface area contributed by atoms with Crippen molar-refractivity contribution in [1.82, 2.24) is 14.5 Å². The second-order valence-electron chi connectivity index (χ2n) is 9.36. The quantitative estimate of drug-likeness (QED) is 0.648. The average molecular weight is 443 g/mol. The molecule has 0 saturated heterocycles. The van der Waals surface area contributed by atoms with Gasteiger partial charge in [0, 0.05) is 24.8 Å². The number of aromatic nitrogens is 2. The fraction of sp³-hybridized carbons (Fsp3) is 0.600. The minimum Gasteiger partial charge on any atom is -0.331 e. The minimum atomic E-state index is -0.455. The molecular formula is C25H35ClN4O. The third kappa shape index (κ3) is 4.68. The third-order valence-electron chi connectivity index (χ3n) is 7.32. The Morgan fingerprint density at radius 1 is 1.23 bits per heavy atom. The number of nitrogens with zero attached hydrogens (tertiary/aromatic N) is 3. The fourth-order valence-corrected chi connectivity index (χ4v) is 5.34. The molecule has 31 heavy (non-hydrogen) atoms. The van der Waals surface area contributed by atoms with Crippen molar-refractivity contribution in [2.24, 2.45) is 17.6 Å². The Morgan fingerprint density at radius 2 is 1.97 bits per heavy atom. The summed E-state index contributed by atoms with van der Waals surface area (Å²) in [6.07, 6.45) is 10.4. The van der Waals surface area contributed by atoms with Crippen LogP contribution in [0.25, 0.3) is 11.3 Å². The van der Waals surface area contributed by atoms with Crippen molar-refractivity contribution in [3.05, 3.63) is 41.3 Å². The smallest absolute Gasteiger partial charge is 0.240 e. The van der Waals surface area contributed by atoms with Gasteiger partial charge >= 0.3 is 0 Å². The standard InChI is InChI=1S/C25H35ClN4O/c1-3-17(2)23(27)25(31)30-14-13-29-16-21(19-11-7-8-12-20(19)26)28-24(29)22(30)15-18-9-5-4-6-10-18/h7-8,11-12,16-18,22-23H,3-6,9-10,13-15,27H2,1-2H3/t17-,22-,23-/m0/s1. The maximum absolute atomic E-state index is 13.4. The summed E-state index contributed by atoms with van der Waals surface area (Å²) in [5.74, 6) is 1.87. The number of halogens is 1. The van der Waals surface area contributed by atoms with Crippen LogP contribution in [0, 0.1) is 11.8 Å². The van der Waals surface area contributed by atoms with Crippen LogP contribution >= 0.6 is 11.6 Å². The molecule has 0 unspecified atom stereocenters. The van der Waals surface area contributed by atoms with Gasteiger partial charge in [0.2, 0.25) is 5.91 Å². The summed E-state index contributed by atoms with van der Waals surface area (Å²) in [7, 11) is 0. The van der Waals surface area contributed by atoms with Gasteiger partial charge in [0.1, 0.15) is 5.82 Å². The first kappa shape index (κ1) is 22.3. The van der Waals surface area contributed by atoms with Crippen LogP contribution in [0.5, 0.6) is 0 Å². The van der Waals surface area contributed by atoms with E-state index >= 15 is 0 Å². The van der Waals surface area contributed by atoms with E-state index in [4.69, 9.17) is 22.3 Å². The highest BCUT2D eigenvalue weighted by molar-refractivity contribution is 6.33. The lowest BCUT2D eigenvalue weighted by Crippen LogP contribution is -2.51. The molecule has 1 amide bonds. The molecule has 1 aliphatic heterocycles. The first-order valence-electron chi connectivity index (χ1n) is 11.9. The highest BCUT2D eigenvalue weighted by atomic mass is 35.5. The molecule has 3 atom stereocenters. The summed E-state index contributed by atoms with van der Waals surface area (Å²) in [6.45, 7) is 5.59. The number of benzene rings is 1. The van der Waals surface area contributed by atoms with Gasteiger partial charge < -0.3 is 15.2 Å². The van der Waals surface area contributed by atoms with Crippen LogP contribution < -0.4 is 5.73 Å². The van der Waals surface area contributed by atoms with Gasteiger partial charge in [-0.15, -0.1) is 0 Å². The largest absolute Gasteiger partial charge is 0.331 e. The van der Waals surface area contributed by atoms with Gasteiger partial charge in [-0.3, -0.25) is 4.79 Å². The second kappa shape index (κ2) is 9.74. The van der Waals surface area contributed by atoms with E-state index in [0.29, 0.717) is 17.5 Å². The van der Waals surface area contributed by atoms with Crippen LogP contribution in [0.3, 0.4) is 0 Å². The van der Waals surface area contributed by atoms with Crippen LogP contribution in [0.1, 0.15) is 70.7 Å². The lowest BCUT2D eigenvalue weighted by atomic mass is 9.83. The van der Waals surface area contributed by atoms with Crippen molar-refractivity contribution in [3.63, 3.8) is 0 Å². The molecule has 2 aromatic rings. The zero-order valence-corrected chi connectivity index (χ0v) is 19.5. The van der Waals surface area contributed by atoms with Crippen molar-refractivity contribution >= 4 is 17.5 Å². The Bertz CT molecular complexity index is 905. The summed E-state index contributed by atoms with van der Waals surface area (Å²) in [5, 5.41) is 0.702. The monoisotopic (exact) mass is 442 g/mol. The summed E-state index contributed by atoms with van der Waals surface area (Å²) in [6, 6.07) is 7.36. The Labute approximate surface area is 191 Å². The molecule has 4 rings (SSSR count). The van der Waals surface area contributed by atoms with Crippen LogP contribution in [-0.4, -0.2) is 32.9 Å². The van der Waals surface area contributed by atoms with Crippen molar-refractivity contribution in [1.29, 1.82) is 0 Å². The van der Waals surface area contributed by atoms with Crippen molar-refractivity contribution in [3.8, 4) is 11.3 Å². The number of fused-ring (bicyclic) bond motifs is 1. The van der Waals surface area contributed by atoms with Crippen LogP contribution in [-0.2, 0) is 11.3 Å². The molecule has 1 aromatic heterocycles. The van der Waals surface area contributed by atoms with E-state index in [2.05, 4.69) is 24.6 Å². The van der Waals surface area contributed by atoms with Crippen LogP contribution in [0.2, 0.25) is 5.02 Å². The maximum atomic E-state index is 13.4. The molecule has 1 aromatic carbocycles. The zero-order chi connectivity index (χ0) is 22.0. The van der Waals surface area contributed by atoms with Crippen LogP contribution in [0.15, 0.2) is 30.5 Å². The molecule has 2 N–H and O–H groups in total. The maximum Gasteiger partial charge on any atom is 0.240 e. The van der Waals surface area contributed by atoms with Gasteiger partial charge in [-0.05, 0) is 24.3 Å². The molecule has 0 bridgehead atoms. The molecule has 0 spiro atoms. The zero-order valence-electron chi connectivity index (χ0n) is 18.8. The Balaban J connectivity index is 1.67. The van der Waals surface area contributed by atoms with Gasteiger partial charge in [-0.25, -0.2) is 4.98 Å². The molecule has 1 aliphatic carbocycles. The van der Waals surface area contributed by atoms with E-state index < -0.39 is 6.04 Å². The van der Waals surface area contributed by atoms with Crippen molar-refractivity contribution < 1.29 is 4.79 Å². The van der Waals surface area contributed by atoms with Gasteiger partial charge in [0.05, 0.1) is 22.8 Å². The Kier molecular flexibility index (Phi) is 7.02. The summed E-state index contributed by atoms with van der Waals surface area (Å²) in [4.78, 5) is 20.5. The SMILES string of the molecule is CC[C@H](C)[C@H](N)C(=O)N1CCn2cc(-c3ccccc3Cl)nc2[C@@H]1CC1CCCCC1. The number of hydrogen-bond acceptors (Lipinski definition) is 3. The van der Waals surface area contributed by atoms with E-state index in [1.54, 1.807) is 0 Å². The van der Waals surface area contributed by atoms with Gasteiger partial charge in [0.25, 0.3) is 0 Å². The van der Waals surface area contributed by atoms with E-state index in [1.807, 2.05) is 29.2 Å². The molecule has 1 saturated carbocycles. The predicted octanol–water partition coefficient (Wildman–Crippen LogP) is 5.43. The number of carbonyl (C=O) groups is 1. The van der Waals surface area contributed by atoms with E-state index in [0.717, 1.165) is 36.5 Å². The number of rotatable bonds is 6. The number of hydrogen-bond donors (Lipinski definition) is 1. The Hall–Kier alpha value is -1.85. The first-order chi connectivity index (χ1) is 15.0. The van der Waals surface area contributed by atoms with E-state index in [1.165, 1.54) is 32.1 Å². The number of carbonyl (C=O) groups excluding carboxylic acids is 1. The summed E-state index contributed by atoms with van der Waals surface area (Å²) in [5.41, 5.74) is 8.22. The summed E-state index contributed by atoms with van der Waals surface area (Å²) >= 11 is 6.46. The van der Waals surface area contributed by atoms with E-state index in [-0.39, 0.29) is 17.9 Å². The molecule has 2 heterocycles. The highest BCUT2D eigenvalue weighted by Crippen LogP contribution is 2.38. The highest BCUT2D eigenvalue weighted by Gasteiger charge is 2.37. The molecule has 2 aliphatic rings. The fourth-order valence-electron chi connectivity index (χ4n) is 5.11. The Morgan fingerprint density at radius 3 is 2.68 bits per heavy atom.